The molecule has 1 saturated heterocycles. The summed E-state index contributed by atoms with van der Waals surface area (Å²) in [5.74, 6) is -2.64. The number of nitrogens with zero attached hydrogens (tertiary/aromatic N) is 1. The zero-order valence-electron chi connectivity index (χ0n) is 28.3. The molecule has 47 heavy (non-hydrogen) atoms. The van der Waals surface area contributed by atoms with Crippen LogP contribution in [0.25, 0.3) is 0 Å². The molecule has 2 aromatic carbocycles. The summed E-state index contributed by atoms with van der Waals surface area (Å²) in [5, 5.41) is 14.9. The molecule has 1 aliphatic rings. The van der Waals surface area contributed by atoms with Crippen LogP contribution in [0, 0.1) is 13.8 Å². The third-order valence-corrected chi connectivity index (χ3v) is 8.99. The molecule has 3 rings (SSSR count). The number of amides is 3. The molecule has 3 N–H and O–H groups in total. The summed E-state index contributed by atoms with van der Waals surface area (Å²) in [6.45, 7) is 12.7. The van der Waals surface area contributed by atoms with Crippen LogP contribution < -0.4 is 15.4 Å². The standard InChI is InChI=1S/C35H47N3O8S/c1-22-13-11-14-23(2)29(22)45-20-26(39)36-25(19-24-15-9-8-10-16-24)30(46-28(42)18-12-17-27(40)41)33(44)38-21-47-35(6,7)31(38)32(43)37-34(3,4)5/h8-11,13-16,25,30-31H,12,17-21H2,1-7H3,(H,36,39)(H,37,43)(H,40,41)/t25-,30-,31+/m0/s1. The molecule has 0 bridgehead atoms. The van der Waals surface area contributed by atoms with E-state index >= 15 is 0 Å². The number of para-hydroxylation sites is 1. The predicted octanol–water partition coefficient (Wildman–Crippen LogP) is 4.17. The lowest BCUT2D eigenvalue weighted by molar-refractivity contribution is -0.164. The van der Waals surface area contributed by atoms with Gasteiger partial charge in [0.2, 0.25) is 12.0 Å². The van der Waals surface area contributed by atoms with Gasteiger partial charge in [-0.3, -0.25) is 24.0 Å². The Morgan fingerprint density at radius 2 is 1.64 bits per heavy atom. The molecule has 2 aromatic rings. The normalized spacial score (nSPS) is 16.9. The van der Waals surface area contributed by atoms with Gasteiger partial charge in [0.05, 0.1) is 11.9 Å². The minimum Gasteiger partial charge on any atom is -0.483 e. The first-order valence-corrected chi connectivity index (χ1v) is 16.7. The van der Waals surface area contributed by atoms with E-state index in [1.807, 2.05) is 97.0 Å². The zero-order valence-corrected chi connectivity index (χ0v) is 29.1. The van der Waals surface area contributed by atoms with Gasteiger partial charge in [0.25, 0.3) is 11.8 Å². The van der Waals surface area contributed by atoms with Gasteiger partial charge >= 0.3 is 11.9 Å². The molecule has 1 fully saturated rings. The van der Waals surface area contributed by atoms with Crippen LogP contribution in [0.3, 0.4) is 0 Å². The number of carboxylic acids is 1. The molecule has 1 heterocycles. The summed E-state index contributed by atoms with van der Waals surface area (Å²) in [6.07, 6.45) is -1.88. The van der Waals surface area contributed by atoms with E-state index < -0.39 is 52.2 Å². The molecule has 0 saturated carbocycles. The highest BCUT2D eigenvalue weighted by Gasteiger charge is 2.51. The van der Waals surface area contributed by atoms with Gasteiger partial charge in [0, 0.05) is 23.1 Å². The van der Waals surface area contributed by atoms with Crippen LogP contribution in [-0.4, -0.2) is 80.6 Å². The van der Waals surface area contributed by atoms with E-state index in [2.05, 4.69) is 10.6 Å². The summed E-state index contributed by atoms with van der Waals surface area (Å²) >= 11 is 1.42. The number of aliphatic carboxylic acids is 1. The quantitative estimate of drug-likeness (QED) is 0.252. The largest absolute Gasteiger partial charge is 0.483 e. The summed E-state index contributed by atoms with van der Waals surface area (Å²) < 4.78 is 11.0. The number of hydrogen-bond donors (Lipinski definition) is 3. The van der Waals surface area contributed by atoms with E-state index in [1.165, 1.54) is 16.7 Å². The van der Waals surface area contributed by atoms with Gasteiger partial charge < -0.3 is 30.1 Å². The van der Waals surface area contributed by atoms with Gasteiger partial charge in [-0.25, -0.2) is 0 Å². The second-order valence-electron chi connectivity index (χ2n) is 13.4. The first kappa shape index (κ1) is 37.4. The average molecular weight is 670 g/mol. The van der Waals surface area contributed by atoms with Crippen LogP contribution in [0.2, 0.25) is 0 Å². The fourth-order valence-corrected chi connectivity index (χ4v) is 6.56. The first-order chi connectivity index (χ1) is 22.0. The number of thioether (sulfide) groups is 1. The molecule has 3 atom stereocenters. The molecular weight excluding hydrogens is 622 g/mol. The van der Waals surface area contributed by atoms with Crippen LogP contribution >= 0.6 is 11.8 Å². The number of carboxylic acid groups (broad SMARTS) is 1. The topological polar surface area (TPSA) is 151 Å². The van der Waals surface area contributed by atoms with Crippen molar-refractivity contribution in [2.75, 3.05) is 12.5 Å². The Bertz CT molecular complexity index is 1420. The molecule has 0 radical (unpaired) electrons. The zero-order chi connectivity index (χ0) is 34.9. The summed E-state index contributed by atoms with van der Waals surface area (Å²) in [6, 6.07) is 12.8. The lowest BCUT2D eigenvalue weighted by atomic mass is 9.96. The fraction of sp³-hybridized carbons (Fsp3) is 0.514. The van der Waals surface area contributed by atoms with Crippen LogP contribution in [-0.2, 0) is 35.1 Å². The Labute approximate surface area is 281 Å². The van der Waals surface area contributed by atoms with Gasteiger partial charge in [-0.1, -0.05) is 48.5 Å². The maximum Gasteiger partial charge on any atom is 0.306 e. The molecule has 256 valence electrons. The number of benzene rings is 2. The van der Waals surface area contributed by atoms with E-state index in [0.717, 1.165) is 16.7 Å². The molecule has 12 heteroatoms. The first-order valence-electron chi connectivity index (χ1n) is 15.7. The van der Waals surface area contributed by atoms with E-state index in [-0.39, 0.29) is 44.1 Å². The Morgan fingerprint density at radius 1 is 1.00 bits per heavy atom. The van der Waals surface area contributed by atoms with Crippen LogP contribution in [0.4, 0.5) is 0 Å². The van der Waals surface area contributed by atoms with Gasteiger partial charge in [-0.05, 0) is 78.0 Å². The SMILES string of the molecule is Cc1cccc(C)c1OCC(=O)N[C@@H](Cc1ccccc1)[C@H](OC(=O)CCCC(=O)O)C(=O)N1CSC(C)(C)[C@H]1C(=O)NC(C)(C)C. The maximum atomic E-state index is 14.5. The number of esters is 1. The van der Waals surface area contributed by atoms with Crippen LogP contribution in [0.1, 0.15) is 70.6 Å². The number of nitrogens with one attached hydrogen (secondary N) is 2. The number of carbonyl (C=O) groups is 5. The van der Waals surface area contributed by atoms with E-state index in [0.29, 0.717) is 5.75 Å². The van der Waals surface area contributed by atoms with Crippen molar-refractivity contribution in [2.24, 2.45) is 0 Å². The van der Waals surface area contributed by atoms with Crippen molar-refractivity contribution < 1.29 is 38.6 Å². The molecule has 11 nitrogen and oxygen atoms in total. The smallest absolute Gasteiger partial charge is 0.306 e. The van der Waals surface area contributed by atoms with E-state index in [1.54, 1.807) is 0 Å². The molecule has 1 aliphatic heterocycles. The maximum absolute atomic E-state index is 14.5. The van der Waals surface area contributed by atoms with Crippen molar-refractivity contribution in [1.82, 2.24) is 15.5 Å². The molecule has 0 unspecified atom stereocenters. The monoisotopic (exact) mass is 669 g/mol. The van der Waals surface area contributed by atoms with Crippen molar-refractivity contribution in [3.8, 4) is 5.75 Å². The summed E-state index contributed by atoms with van der Waals surface area (Å²) in [5.41, 5.74) is 1.92. The van der Waals surface area contributed by atoms with Gasteiger partial charge in [-0.15, -0.1) is 11.8 Å². The van der Waals surface area contributed by atoms with Crippen LogP contribution in [0.15, 0.2) is 48.5 Å². The molecule has 0 aliphatic carbocycles. The lowest BCUT2D eigenvalue weighted by Gasteiger charge is -2.36. The molecular formula is C35H47N3O8S. The minimum absolute atomic E-state index is 0.0115. The van der Waals surface area contributed by atoms with Crippen LogP contribution in [0.5, 0.6) is 5.75 Å². The molecule has 3 amide bonds. The Hall–Kier alpha value is -4.06. The number of carbonyl (C=O) groups excluding carboxylic acids is 4. The van der Waals surface area contributed by atoms with Crippen molar-refractivity contribution in [3.63, 3.8) is 0 Å². The van der Waals surface area contributed by atoms with Crippen molar-refractivity contribution >= 4 is 41.4 Å². The van der Waals surface area contributed by atoms with E-state index in [4.69, 9.17) is 14.6 Å². The van der Waals surface area contributed by atoms with Crippen molar-refractivity contribution in [2.45, 2.75) is 103 Å². The van der Waals surface area contributed by atoms with Gasteiger partial charge in [0.15, 0.2) is 6.61 Å². The second kappa shape index (κ2) is 16.2. The minimum atomic E-state index is -1.52. The molecule has 0 spiro atoms. The second-order valence-corrected chi connectivity index (χ2v) is 15.0. The van der Waals surface area contributed by atoms with Crippen molar-refractivity contribution in [3.05, 3.63) is 65.2 Å². The number of hydrogen-bond acceptors (Lipinski definition) is 8. The lowest BCUT2D eigenvalue weighted by Crippen LogP contribution is -2.61. The number of rotatable bonds is 14. The number of aryl methyl sites for hydroxylation is 2. The van der Waals surface area contributed by atoms with Gasteiger partial charge in [0.1, 0.15) is 11.8 Å². The van der Waals surface area contributed by atoms with Crippen molar-refractivity contribution in [1.29, 1.82) is 0 Å². The Morgan fingerprint density at radius 3 is 2.23 bits per heavy atom. The highest BCUT2D eigenvalue weighted by molar-refractivity contribution is 8.00. The highest BCUT2D eigenvalue weighted by Crippen LogP contribution is 2.40. The summed E-state index contributed by atoms with van der Waals surface area (Å²) in [7, 11) is 0. The Kier molecular flexibility index (Phi) is 12.9. The number of ether oxygens (including phenoxy) is 2. The van der Waals surface area contributed by atoms with E-state index in [9.17, 15) is 24.0 Å². The highest BCUT2D eigenvalue weighted by atomic mass is 32.2. The van der Waals surface area contributed by atoms with Gasteiger partial charge in [-0.2, -0.15) is 0 Å². The molecule has 0 aromatic heterocycles. The average Bonchev–Trinajstić information content (AvgIpc) is 3.29. The fourth-order valence-electron chi connectivity index (χ4n) is 5.42. The Balaban J connectivity index is 1.97. The summed E-state index contributed by atoms with van der Waals surface area (Å²) in [4.78, 5) is 67.1. The third-order valence-electron chi connectivity index (χ3n) is 7.62. The predicted molar refractivity (Wildman–Crippen MR) is 180 cm³/mol. The third kappa shape index (κ3) is 11.0.